The molecule has 10 nitrogen and oxygen atoms in total. The largest absolute Gasteiger partial charge is 0.394 e. The van der Waals surface area contributed by atoms with Crippen LogP contribution in [0, 0.1) is 0 Å². The van der Waals surface area contributed by atoms with E-state index in [2.05, 4.69) is 10.3 Å². The third-order valence-corrected chi connectivity index (χ3v) is 4.75. The molecule has 2 heterocycles. The summed E-state index contributed by atoms with van der Waals surface area (Å²) in [6.45, 7) is 3.15. The van der Waals surface area contributed by atoms with E-state index in [1.807, 2.05) is 5.38 Å². The van der Waals surface area contributed by atoms with Crippen molar-refractivity contribution in [3.63, 3.8) is 0 Å². The van der Waals surface area contributed by atoms with Crippen molar-refractivity contribution in [2.75, 3.05) is 58.1 Å². The number of thiazole rings is 1. The van der Waals surface area contributed by atoms with Gasteiger partial charge in [-0.3, -0.25) is 0 Å². The van der Waals surface area contributed by atoms with Gasteiger partial charge in [0.05, 0.1) is 64.6 Å². The fourth-order valence-corrected chi connectivity index (χ4v) is 3.23. The predicted molar refractivity (Wildman–Crippen MR) is 98.7 cm³/mol. The number of anilines is 1. The van der Waals surface area contributed by atoms with E-state index in [9.17, 15) is 10.2 Å². The minimum absolute atomic E-state index is 0.168. The van der Waals surface area contributed by atoms with Crippen LogP contribution in [0.25, 0.3) is 0 Å². The molecule has 0 aliphatic carbocycles. The summed E-state index contributed by atoms with van der Waals surface area (Å²) >= 11 is 1.37. The van der Waals surface area contributed by atoms with Crippen molar-refractivity contribution in [2.45, 2.75) is 31.0 Å². The number of aromatic nitrogens is 1. The van der Waals surface area contributed by atoms with Gasteiger partial charge < -0.3 is 45.3 Å². The predicted octanol–water partition coefficient (Wildman–Crippen LogP) is -1.45. The molecule has 2 rings (SSSR count). The van der Waals surface area contributed by atoms with E-state index in [-0.39, 0.29) is 13.2 Å². The number of nitrogens with two attached hydrogens (primary N) is 1. The topological polar surface area (TPSA) is 149 Å². The molecule has 1 aromatic rings. The zero-order valence-electron chi connectivity index (χ0n) is 15.2. The normalized spacial score (nSPS) is 25.6. The lowest BCUT2D eigenvalue weighted by molar-refractivity contribution is -0.152. The Morgan fingerprint density at radius 2 is 1.85 bits per heavy atom. The van der Waals surface area contributed by atoms with Gasteiger partial charge in [-0.05, 0) is 0 Å². The first-order valence-electron chi connectivity index (χ1n) is 8.88. The lowest BCUT2D eigenvalue weighted by Crippen LogP contribution is -2.56. The molecule has 1 fully saturated rings. The van der Waals surface area contributed by atoms with Crippen molar-refractivity contribution in [3.8, 4) is 0 Å². The standard InChI is InChI=1S/C16H29N3O7S/c17-1-2-23-3-4-24-5-6-25-8-11-10-27-16(18-11)19-12-9-26-13(7-20)15(22)14(12)21/h10,12-15,20-22H,1-9,17H2,(H,18,19)/t12-,13+,14+,15-/m0/s1. The van der Waals surface area contributed by atoms with Crippen LogP contribution in [0.5, 0.6) is 0 Å². The van der Waals surface area contributed by atoms with E-state index < -0.39 is 24.4 Å². The maximum atomic E-state index is 10.1. The molecule has 1 aliphatic rings. The summed E-state index contributed by atoms with van der Waals surface area (Å²) in [7, 11) is 0. The Kier molecular flexibility index (Phi) is 10.4. The Bertz CT molecular complexity index is 522. The zero-order valence-corrected chi connectivity index (χ0v) is 16.0. The highest BCUT2D eigenvalue weighted by atomic mass is 32.1. The third-order valence-electron chi connectivity index (χ3n) is 3.93. The molecule has 0 spiro atoms. The zero-order chi connectivity index (χ0) is 19.5. The minimum Gasteiger partial charge on any atom is -0.394 e. The second-order valence-corrected chi connectivity index (χ2v) is 6.85. The van der Waals surface area contributed by atoms with Gasteiger partial charge in [-0.2, -0.15) is 0 Å². The average Bonchev–Trinajstić information content (AvgIpc) is 3.12. The highest BCUT2D eigenvalue weighted by molar-refractivity contribution is 7.13. The molecule has 4 atom stereocenters. The van der Waals surface area contributed by atoms with Gasteiger partial charge in [0.25, 0.3) is 0 Å². The minimum atomic E-state index is -1.15. The van der Waals surface area contributed by atoms with Crippen LogP contribution in [-0.4, -0.2) is 97.5 Å². The maximum absolute atomic E-state index is 10.1. The maximum Gasteiger partial charge on any atom is 0.183 e. The summed E-state index contributed by atoms with van der Waals surface area (Å²) in [6.07, 6.45) is -2.97. The number of nitrogens with zero attached hydrogens (tertiary/aromatic N) is 1. The lowest BCUT2D eigenvalue weighted by atomic mass is 9.99. The van der Waals surface area contributed by atoms with E-state index in [1.54, 1.807) is 0 Å². The van der Waals surface area contributed by atoms with Crippen molar-refractivity contribution >= 4 is 16.5 Å². The average molecular weight is 407 g/mol. The second kappa shape index (κ2) is 12.5. The van der Waals surface area contributed by atoms with Gasteiger partial charge in [0.1, 0.15) is 18.3 Å². The number of hydrogen-bond donors (Lipinski definition) is 5. The molecule has 0 radical (unpaired) electrons. The summed E-state index contributed by atoms with van der Waals surface area (Å²) < 4.78 is 21.4. The SMILES string of the molecule is NCCOCCOCCOCc1csc(N[C@H]2CO[C@H](CO)[C@H](O)[C@@H]2O)n1. The van der Waals surface area contributed by atoms with Crippen LogP contribution < -0.4 is 11.1 Å². The quantitative estimate of drug-likeness (QED) is 0.246. The van der Waals surface area contributed by atoms with Gasteiger partial charge >= 0.3 is 0 Å². The van der Waals surface area contributed by atoms with Crippen LogP contribution in [0.1, 0.15) is 5.69 Å². The van der Waals surface area contributed by atoms with Crippen molar-refractivity contribution < 1.29 is 34.3 Å². The highest BCUT2D eigenvalue weighted by Gasteiger charge is 2.38. The van der Waals surface area contributed by atoms with E-state index in [1.165, 1.54) is 11.3 Å². The van der Waals surface area contributed by atoms with Gasteiger partial charge in [-0.1, -0.05) is 0 Å². The summed E-state index contributed by atoms with van der Waals surface area (Å²) in [5.41, 5.74) is 6.07. The van der Waals surface area contributed by atoms with Crippen molar-refractivity contribution in [3.05, 3.63) is 11.1 Å². The summed E-state index contributed by atoms with van der Waals surface area (Å²) in [5.74, 6) is 0. The number of aliphatic hydroxyl groups is 3. The van der Waals surface area contributed by atoms with E-state index >= 15 is 0 Å². The molecule has 0 saturated carbocycles. The molecule has 1 aromatic heterocycles. The fraction of sp³-hybridized carbons (Fsp3) is 0.812. The molecule has 27 heavy (non-hydrogen) atoms. The van der Waals surface area contributed by atoms with Crippen LogP contribution >= 0.6 is 11.3 Å². The van der Waals surface area contributed by atoms with Gasteiger partial charge in [0.2, 0.25) is 0 Å². The third kappa shape index (κ3) is 7.56. The smallest absolute Gasteiger partial charge is 0.183 e. The Labute approximate surface area is 162 Å². The van der Waals surface area contributed by atoms with Crippen LogP contribution in [0.15, 0.2) is 5.38 Å². The number of aliphatic hydroxyl groups excluding tert-OH is 3. The monoisotopic (exact) mass is 407 g/mol. The first-order chi connectivity index (χ1) is 13.2. The van der Waals surface area contributed by atoms with Crippen LogP contribution in [0.4, 0.5) is 5.13 Å². The molecule has 6 N–H and O–H groups in total. The summed E-state index contributed by atoms with van der Waals surface area (Å²) in [4.78, 5) is 4.38. The Hall–Kier alpha value is -0.890. The molecule has 1 aliphatic heterocycles. The summed E-state index contributed by atoms with van der Waals surface area (Å²) in [5, 5.41) is 34.6. The molecular formula is C16H29N3O7S. The molecule has 0 unspecified atom stereocenters. The van der Waals surface area contributed by atoms with Gasteiger partial charge in [0, 0.05) is 11.9 Å². The number of nitrogens with one attached hydrogen (secondary N) is 1. The van der Waals surface area contributed by atoms with Crippen molar-refractivity contribution in [1.82, 2.24) is 4.98 Å². The van der Waals surface area contributed by atoms with E-state index in [4.69, 9.17) is 29.8 Å². The Morgan fingerprint density at radius 3 is 2.56 bits per heavy atom. The van der Waals surface area contributed by atoms with Gasteiger partial charge in [-0.15, -0.1) is 11.3 Å². The lowest BCUT2D eigenvalue weighted by Gasteiger charge is -2.37. The Balaban J connectivity index is 1.61. The summed E-state index contributed by atoms with van der Waals surface area (Å²) in [6, 6.07) is -0.502. The molecular weight excluding hydrogens is 378 g/mol. The van der Waals surface area contributed by atoms with E-state index in [0.29, 0.717) is 51.3 Å². The molecule has 1 saturated heterocycles. The molecule has 156 valence electrons. The van der Waals surface area contributed by atoms with Crippen LogP contribution in [0.2, 0.25) is 0 Å². The molecule has 0 aromatic carbocycles. The van der Waals surface area contributed by atoms with Crippen LogP contribution in [-0.2, 0) is 25.6 Å². The molecule has 0 amide bonds. The highest BCUT2D eigenvalue weighted by Crippen LogP contribution is 2.22. The number of hydrogen-bond acceptors (Lipinski definition) is 11. The number of ether oxygens (including phenoxy) is 4. The number of rotatable bonds is 13. The van der Waals surface area contributed by atoms with Gasteiger partial charge in [-0.25, -0.2) is 4.98 Å². The van der Waals surface area contributed by atoms with Gasteiger partial charge in [0.15, 0.2) is 5.13 Å². The first kappa shape index (κ1) is 22.4. The van der Waals surface area contributed by atoms with E-state index in [0.717, 1.165) is 5.69 Å². The van der Waals surface area contributed by atoms with Crippen molar-refractivity contribution in [2.24, 2.45) is 5.73 Å². The second-order valence-electron chi connectivity index (χ2n) is 6.00. The van der Waals surface area contributed by atoms with Crippen LogP contribution in [0.3, 0.4) is 0 Å². The van der Waals surface area contributed by atoms with Crippen molar-refractivity contribution in [1.29, 1.82) is 0 Å². The molecule has 0 bridgehead atoms. The first-order valence-corrected chi connectivity index (χ1v) is 9.76. The fourth-order valence-electron chi connectivity index (χ4n) is 2.47. The Morgan fingerprint density at radius 1 is 1.15 bits per heavy atom. The molecule has 11 heteroatoms.